The summed E-state index contributed by atoms with van der Waals surface area (Å²) < 4.78 is 0. The minimum atomic E-state index is 0.0295. The maximum absolute atomic E-state index is 3.88. The molecule has 0 aliphatic carbocycles. The molecule has 7 rings (SSSR count). The Morgan fingerprint density at radius 1 is 0.385 bits per heavy atom. The zero-order valence-electron chi connectivity index (χ0n) is 31.2. The molecule has 0 atom stereocenters. The normalized spacial score (nSPS) is 11.7. The van der Waals surface area contributed by atoms with Crippen LogP contribution < -0.4 is 10.2 Å². The summed E-state index contributed by atoms with van der Waals surface area (Å²) in [5.74, 6) is 0. The molecule has 0 radical (unpaired) electrons. The third-order valence-electron chi connectivity index (χ3n) is 9.79. The van der Waals surface area contributed by atoms with Crippen LogP contribution in [0.4, 0.5) is 28.4 Å². The molecule has 1 N–H and O–H groups in total. The van der Waals surface area contributed by atoms with Crippen LogP contribution in [0.3, 0.4) is 0 Å². The Labute approximate surface area is 310 Å². The molecule has 7 aromatic carbocycles. The van der Waals surface area contributed by atoms with Gasteiger partial charge < -0.3 is 10.2 Å². The van der Waals surface area contributed by atoms with Crippen LogP contribution in [-0.2, 0) is 10.8 Å². The van der Waals surface area contributed by atoms with E-state index in [0.29, 0.717) is 0 Å². The molecular formula is C50H48N2. The maximum Gasteiger partial charge on any atom is 0.0560 e. The number of hydrogen-bond donors (Lipinski definition) is 1. The van der Waals surface area contributed by atoms with Gasteiger partial charge in [-0.1, -0.05) is 175 Å². The van der Waals surface area contributed by atoms with Crippen molar-refractivity contribution < 1.29 is 0 Å². The molecule has 0 amide bonds. The van der Waals surface area contributed by atoms with Crippen LogP contribution in [0.1, 0.15) is 52.7 Å². The van der Waals surface area contributed by atoms with Gasteiger partial charge >= 0.3 is 0 Å². The van der Waals surface area contributed by atoms with Crippen molar-refractivity contribution in [3.05, 3.63) is 187 Å². The summed E-state index contributed by atoms with van der Waals surface area (Å²) in [7, 11) is 0. The van der Waals surface area contributed by atoms with E-state index in [1.165, 1.54) is 33.4 Å². The molecular weight excluding hydrogens is 629 g/mol. The standard InChI is InChI=1S/C50H48N2/c1-49(2,3)39-26-30-42(31-27-39)52(47-25-17-16-24-43(47)36-18-10-7-11-19-36)48-35-41(29-32-44(48)37-20-12-8-13-21-37)51-46-33-28-40(50(4,5)6)34-45(46)38-22-14-9-15-23-38/h7-35,51H,1-6H3. The van der Waals surface area contributed by atoms with E-state index in [1.807, 2.05) is 0 Å². The van der Waals surface area contributed by atoms with Crippen molar-refractivity contribution in [3.8, 4) is 33.4 Å². The van der Waals surface area contributed by atoms with Gasteiger partial charge in [-0.25, -0.2) is 0 Å². The van der Waals surface area contributed by atoms with Gasteiger partial charge in [-0.05, 0) is 81.1 Å². The molecule has 0 heterocycles. The molecule has 0 fully saturated rings. The average molecular weight is 677 g/mol. The lowest BCUT2D eigenvalue weighted by atomic mass is 9.85. The number of para-hydroxylation sites is 1. The van der Waals surface area contributed by atoms with E-state index in [2.05, 4.69) is 228 Å². The van der Waals surface area contributed by atoms with Crippen molar-refractivity contribution >= 4 is 28.4 Å². The lowest BCUT2D eigenvalue weighted by Gasteiger charge is -2.31. The highest BCUT2D eigenvalue weighted by Crippen LogP contribution is 2.46. The summed E-state index contributed by atoms with van der Waals surface area (Å²) >= 11 is 0. The van der Waals surface area contributed by atoms with E-state index in [4.69, 9.17) is 0 Å². The average Bonchev–Trinajstić information content (AvgIpc) is 3.16. The Bertz CT molecular complexity index is 2260. The van der Waals surface area contributed by atoms with Crippen LogP contribution in [0.15, 0.2) is 176 Å². The predicted molar refractivity (Wildman–Crippen MR) is 225 cm³/mol. The molecule has 258 valence electrons. The second-order valence-electron chi connectivity index (χ2n) is 15.6. The van der Waals surface area contributed by atoms with E-state index in [-0.39, 0.29) is 10.8 Å². The number of nitrogens with one attached hydrogen (secondary N) is 1. The van der Waals surface area contributed by atoms with Crippen LogP contribution in [0, 0.1) is 0 Å². The Morgan fingerprint density at radius 3 is 1.42 bits per heavy atom. The molecule has 7 aromatic rings. The third kappa shape index (κ3) is 7.43. The van der Waals surface area contributed by atoms with Crippen LogP contribution in [0.5, 0.6) is 0 Å². The van der Waals surface area contributed by atoms with E-state index >= 15 is 0 Å². The summed E-state index contributed by atoms with van der Waals surface area (Å²) in [4.78, 5) is 2.43. The molecule has 0 unspecified atom stereocenters. The fraction of sp³-hybridized carbons (Fsp3) is 0.160. The van der Waals surface area contributed by atoms with Crippen molar-refractivity contribution in [2.24, 2.45) is 0 Å². The van der Waals surface area contributed by atoms with Gasteiger partial charge in [0, 0.05) is 33.8 Å². The van der Waals surface area contributed by atoms with E-state index < -0.39 is 0 Å². The fourth-order valence-corrected chi connectivity index (χ4v) is 6.84. The Hall–Kier alpha value is -5.86. The zero-order chi connectivity index (χ0) is 36.3. The third-order valence-corrected chi connectivity index (χ3v) is 9.79. The highest BCUT2D eigenvalue weighted by atomic mass is 15.1. The maximum atomic E-state index is 3.88. The van der Waals surface area contributed by atoms with Crippen molar-refractivity contribution in [2.45, 2.75) is 52.4 Å². The number of benzene rings is 7. The van der Waals surface area contributed by atoms with E-state index in [0.717, 1.165) is 39.6 Å². The first kappa shape index (κ1) is 34.6. The van der Waals surface area contributed by atoms with E-state index in [9.17, 15) is 0 Å². The van der Waals surface area contributed by atoms with Crippen molar-refractivity contribution in [2.75, 3.05) is 10.2 Å². The van der Waals surface area contributed by atoms with Crippen molar-refractivity contribution in [1.29, 1.82) is 0 Å². The highest BCUT2D eigenvalue weighted by molar-refractivity contribution is 5.95. The number of hydrogen-bond acceptors (Lipinski definition) is 2. The molecule has 0 aliphatic heterocycles. The predicted octanol–water partition coefficient (Wildman–Crippen LogP) is 14.5. The molecule has 2 heteroatoms. The quantitative estimate of drug-likeness (QED) is 0.172. The van der Waals surface area contributed by atoms with E-state index in [1.54, 1.807) is 0 Å². The first-order valence-electron chi connectivity index (χ1n) is 18.3. The second-order valence-corrected chi connectivity index (χ2v) is 15.6. The smallest absolute Gasteiger partial charge is 0.0560 e. The first-order chi connectivity index (χ1) is 25.1. The summed E-state index contributed by atoms with van der Waals surface area (Å²) in [5.41, 5.74) is 15.1. The Morgan fingerprint density at radius 2 is 0.865 bits per heavy atom. The van der Waals surface area contributed by atoms with Gasteiger partial charge in [-0.3, -0.25) is 0 Å². The van der Waals surface area contributed by atoms with Crippen LogP contribution in [0.25, 0.3) is 33.4 Å². The van der Waals surface area contributed by atoms with Gasteiger partial charge in [0.2, 0.25) is 0 Å². The molecule has 2 nitrogen and oxygen atoms in total. The molecule has 0 aromatic heterocycles. The minimum absolute atomic E-state index is 0.0295. The van der Waals surface area contributed by atoms with Crippen LogP contribution in [0.2, 0.25) is 0 Å². The lowest BCUT2D eigenvalue weighted by Crippen LogP contribution is -2.14. The van der Waals surface area contributed by atoms with Gasteiger partial charge in [0.25, 0.3) is 0 Å². The number of rotatable bonds is 8. The van der Waals surface area contributed by atoms with Crippen LogP contribution >= 0.6 is 0 Å². The van der Waals surface area contributed by atoms with Gasteiger partial charge in [-0.15, -0.1) is 0 Å². The van der Waals surface area contributed by atoms with Gasteiger partial charge in [-0.2, -0.15) is 0 Å². The summed E-state index contributed by atoms with van der Waals surface area (Å²) in [5, 5.41) is 3.88. The fourth-order valence-electron chi connectivity index (χ4n) is 6.84. The number of anilines is 5. The molecule has 0 aliphatic rings. The van der Waals surface area contributed by atoms with Crippen molar-refractivity contribution in [1.82, 2.24) is 0 Å². The van der Waals surface area contributed by atoms with Crippen molar-refractivity contribution in [3.63, 3.8) is 0 Å². The lowest BCUT2D eigenvalue weighted by molar-refractivity contribution is 0.590. The van der Waals surface area contributed by atoms with Gasteiger partial charge in [0.1, 0.15) is 0 Å². The minimum Gasteiger partial charge on any atom is -0.355 e. The topological polar surface area (TPSA) is 15.3 Å². The summed E-state index contributed by atoms with van der Waals surface area (Å²) in [6.07, 6.45) is 0. The summed E-state index contributed by atoms with van der Waals surface area (Å²) in [6, 6.07) is 63.6. The zero-order valence-corrected chi connectivity index (χ0v) is 31.2. The Balaban J connectivity index is 1.45. The molecule has 52 heavy (non-hydrogen) atoms. The first-order valence-corrected chi connectivity index (χ1v) is 18.3. The highest BCUT2D eigenvalue weighted by Gasteiger charge is 2.23. The molecule has 0 spiro atoms. The van der Waals surface area contributed by atoms with Gasteiger partial charge in [0.15, 0.2) is 0 Å². The summed E-state index contributed by atoms with van der Waals surface area (Å²) in [6.45, 7) is 13.6. The van der Waals surface area contributed by atoms with Crippen LogP contribution in [-0.4, -0.2) is 0 Å². The number of nitrogens with zero attached hydrogens (tertiary/aromatic N) is 1. The largest absolute Gasteiger partial charge is 0.355 e. The van der Waals surface area contributed by atoms with Gasteiger partial charge in [0.05, 0.1) is 11.4 Å². The molecule has 0 saturated carbocycles. The SMILES string of the molecule is CC(C)(C)c1ccc(N(c2ccccc2-c2ccccc2)c2cc(Nc3ccc(C(C)(C)C)cc3-c3ccccc3)ccc2-c2ccccc2)cc1. The monoisotopic (exact) mass is 676 g/mol. The second kappa shape index (κ2) is 14.4. The molecule has 0 bridgehead atoms. The Kier molecular flexibility index (Phi) is 9.58. The molecule has 0 saturated heterocycles.